The molecule has 1 unspecified atom stereocenters. The summed E-state index contributed by atoms with van der Waals surface area (Å²) >= 11 is 0. The predicted molar refractivity (Wildman–Crippen MR) is 63.7 cm³/mol. The Morgan fingerprint density at radius 1 is 1.31 bits per heavy atom. The lowest BCUT2D eigenvalue weighted by Gasteiger charge is -2.03. The summed E-state index contributed by atoms with van der Waals surface area (Å²) in [5.41, 5.74) is 8.77. The van der Waals surface area contributed by atoms with Crippen LogP contribution in [0.4, 0.5) is 4.39 Å². The Morgan fingerprint density at radius 2 is 2.00 bits per heavy atom. The van der Waals surface area contributed by atoms with Gasteiger partial charge in [-0.2, -0.15) is 0 Å². The molecule has 0 saturated carbocycles. The van der Waals surface area contributed by atoms with E-state index in [9.17, 15) is 4.39 Å². The lowest BCUT2D eigenvalue weighted by atomic mass is 10.0. The molecule has 3 N–H and O–H groups in total. The standard InChI is InChI=1S/C13H15FN2/c1-9(7-15)11-6-13(16-8-11)10-2-4-12(14)5-3-10/h2-6,8-9,16H,7,15H2,1H3. The summed E-state index contributed by atoms with van der Waals surface area (Å²) < 4.78 is 12.8. The smallest absolute Gasteiger partial charge is 0.123 e. The molecule has 2 nitrogen and oxygen atoms in total. The van der Waals surface area contributed by atoms with Gasteiger partial charge in [0.2, 0.25) is 0 Å². The minimum Gasteiger partial charge on any atom is -0.361 e. The number of nitrogens with two attached hydrogens (primary N) is 1. The summed E-state index contributed by atoms with van der Waals surface area (Å²) in [4.78, 5) is 3.18. The highest BCUT2D eigenvalue weighted by Gasteiger charge is 2.07. The van der Waals surface area contributed by atoms with E-state index < -0.39 is 0 Å². The van der Waals surface area contributed by atoms with Crippen LogP contribution in [0.5, 0.6) is 0 Å². The van der Waals surface area contributed by atoms with Crippen LogP contribution in [-0.2, 0) is 0 Å². The molecule has 0 saturated heterocycles. The molecular weight excluding hydrogens is 203 g/mol. The van der Waals surface area contributed by atoms with E-state index >= 15 is 0 Å². The molecule has 0 aliphatic heterocycles. The van der Waals surface area contributed by atoms with Crippen molar-refractivity contribution in [2.45, 2.75) is 12.8 Å². The quantitative estimate of drug-likeness (QED) is 0.817. The molecule has 0 bridgehead atoms. The normalized spacial score (nSPS) is 12.7. The van der Waals surface area contributed by atoms with Crippen molar-refractivity contribution in [3.63, 3.8) is 0 Å². The van der Waals surface area contributed by atoms with Gasteiger partial charge in [-0.05, 0) is 53.9 Å². The molecule has 2 rings (SSSR count). The molecule has 16 heavy (non-hydrogen) atoms. The number of rotatable bonds is 3. The molecule has 3 heteroatoms. The van der Waals surface area contributed by atoms with Gasteiger partial charge in [0, 0.05) is 11.9 Å². The fourth-order valence-electron chi connectivity index (χ4n) is 1.63. The largest absolute Gasteiger partial charge is 0.361 e. The highest BCUT2D eigenvalue weighted by molar-refractivity contribution is 5.60. The Kier molecular flexibility index (Phi) is 3.06. The van der Waals surface area contributed by atoms with Gasteiger partial charge >= 0.3 is 0 Å². The first-order chi connectivity index (χ1) is 7.70. The number of nitrogens with one attached hydrogen (secondary N) is 1. The van der Waals surface area contributed by atoms with E-state index in [0.29, 0.717) is 12.5 Å². The van der Waals surface area contributed by atoms with Gasteiger partial charge in [-0.15, -0.1) is 0 Å². The van der Waals surface area contributed by atoms with Gasteiger partial charge in [0.25, 0.3) is 0 Å². The van der Waals surface area contributed by atoms with Gasteiger partial charge < -0.3 is 10.7 Å². The average Bonchev–Trinajstić information content (AvgIpc) is 2.78. The molecule has 1 aromatic carbocycles. The van der Waals surface area contributed by atoms with E-state index in [1.807, 2.05) is 6.20 Å². The van der Waals surface area contributed by atoms with Crippen LogP contribution in [0.3, 0.4) is 0 Å². The summed E-state index contributed by atoms with van der Waals surface area (Å²) in [5, 5.41) is 0. The summed E-state index contributed by atoms with van der Waals surface area (Å²) in [6.07, 6.45) is 1.95. The van der Waals surface area contributed by atoms with Crippen molar-refractivity contribution in [1.29, 1.82) is 0 Å². The monoisotopic (exact) mass is 218 g/mol. The van der Waals surface area contributed by atoms with Crippen molar-refractivity contribution < 1.29 is 4.39 Å². The Morgan fingerprint density at radius 3 is 2.62 bits per heavy atom. The first-order valence-electron chi connectivity index (χ1n) is 5.35. The fourth-order valence-corrected chi connectivity index (χ4v) is 1.63. The number of H-pyrrole nitrogens is 1. The highest BCUT2D eigenvalue weighted by atomic mass is 19.1. The van der Waals surface area contributed by atoms with Crippen molar-refractivity contribution >= 4 is 0 Å². The molecule has 0 aliphatic rings. The number of hydrogen-bond acceptors (Lipinski definition) is 1. The van der Waals surface area contributed by atoms with E-state index in [4.69, 9.17) is 5.73 Å². The Labute approximate surface area is 94.3 Å². The maximum atomic E-state index is 12.8. The Balaban J connectivity index is 2.28. The zero-order valence-electron chi connectivity index (χ0n) is 9.20. The summed E-state index contributed by atoms with van der Waals surface area (Å²) in [6.45, 7) is 2.71. The highest BCUT2D eigenvalue weighted by Crippen LogP contribution is 2.23. The lowest BCUT2D eigenvalue weighted by molar-refractivity contribution is 0.628. The zero-order chi connectivity index (χ0) is 11.5. The summed E-state index contributed by atoms with van der Waals surface area (Å²) in [6, 6.07) is 8.51. The SMILES string of the molecule is CC(CN)c1c[nH]c(-c2ccc(F)cc2)c1. The molecule has 0 fully saturated rings. The topological polar surface area (TPSA) is 41.8 Å². The van der Waals surface area contributed by atoms with Crippen molar-refractivity contribution in [3.8, 4) is 11.3 Å². The number of halogens is 1. The zero-order valence-corrected chi connectivity index (χ0v) is 9.20. The van der Waals surface area contributed by atoms with Gasteiger partial charge in [-0.3, -0.25) is 0 Å². The van der Waals surface area contributed by atoms with Crippen LogP contribution in [0.25, 0.3) is 11.3 Å². The van der Waals surface area contributed by atoms with Crippen molar-refractivity contribution in [3.05, 3.63) is 47.9 Å². The second-order valence-corrected chi connectivity index (χ2v) is 3.99. The second-order valence-electron chi connectivity index (χ2n) is 3.99. The Bertz CT molecular complexity index is 459. The third kappa shape index (κ3) is 2.14. The number of aromatic amines is 1. The van der Waals surface area contributed by atoms with E-state index in [2.05, 4.69) is 18.0 Å². The minimum atomic E-state index is -0.217. The molecule has 0 aliphatic carbocycles. The van der Waals surface area contributed by atoms with Gasteiger partial charge in [0.15, 0.2) is 0 Å². The molecule has 1 heterocycles. The third-order valence-corrected chi connectivity index (χ3v) is 2.78. The molecule has 84 valence electrons. The van der Waals surface area contributed by atoms with E-state index in [1.54, 1.807) is 12.1 Å². The first-order valence-corrected chi connectivity index (χ1v) is 5.35. The van der Waals surface area contributed by atoms with Crippen LogP contribution in [0.2, 0.25) is 0 Å². The van der Waals surface area contributed by atoms with Gasteiger partial charge in [-0.25, -0.2) is 4.39 Å². The Hall–Kier alpha value is -1.61. The van der Waals surface area contributed by atoms with Crippen LogP contribution < -0.4 is 5.73 Å². The lowest BCUT2D eigenvalue weighted by Crippen LogP contribution is -2.07. The van der Waals surface area contributed by atoms with Crippen LogP contribution in [0.15, 0.2) is 36.5 Å². The third-order valence-electron chi connectivity index (χ3n) is 2.78. The summed E-state index contributed by atoms with van der Waals surface area (Å²) in [7, 11) is 0. The van der Waals surface area contributed by atoms with Gasteiger partial charge in [-0.1, -0.05) is 6.92 Å². The second kappa shape index (κ2) is 4.49. The average molecular weight is 218 g/mol. The molecule has 0 amide bonds. The first kappa shape index (κ1) is 10.9. The molecule has 2 aromatic rings. The maximum absolute atomic E-state index is 12.8. The maximum Gasteiger partial charge on any atom is 0.123 e. The van der Waals surface area contributed by atoms with Crippen molar-refractivity contribution in [2.24, 2.45) is 5.73 Å². The molecule has 0 spiro atoms. The fraction of sp³-hybridized carbons (Fsp3) is 0.231. The van der Waals surface area contributed by atoms with E-state index in [0.717, 1.165) is 11.3 Å². The van der Waals surface area contributed by atoms with Crippen molar-refractivity contribution in [1.82, 2.24) is 4.98 Å². The number of benzene rings is 1. The molecule has 1 aromatic heterocycles. The van der Waals surface area contributed by atoms with Crippen LogP contribution in [0, 0.1) is 5.82 Å². The summed E-state index contributed by atoms with van der Waals surface area (Å²) in [5.74, 6) is 0.122. The minimum absolute atomic E-state index is 0.217. The number of aromatic nitrogens is 1. The van der Waals surface area contributed by atoms with Gasteiger partial charge in [0.1, 0.15) is 5.82 Å². The van der Waals surface area contributed by atoms with Crippen LogP contribution in [0.1, 0.15) is 18.4 Å². The van der Waals surface area contributed by atoms with Crippen LogP contribution >= 0.6 is 0 Å². The molecule has 1 atom stereocenters. The van der Waals surface area contributed by atoms with Crippen LogP contribution in [-0.4, -0.2) is 11.5 Å². The van der Waals surface area contributed by atoms with Gasteiger partial charge in [0.05, 0.1) is 0 Å². The predicted octanol–water partition coefficient (Wildman–Crippen LogP) is 2.88. The van der Waals surface area contributed by atoms with E-state index in [1.165, 1.54) is 17.7 Å². The molecular formula is C13H15FN2. The van der Waals surface area contributed by atoms with Crippen molar-refractivity contribution in [2.75, 3.05) is 6.54 Å². The molecule has 0 radical (unpaired) electrons. The van der Waals surface area contributed by atoms with E-state index in [-0.39, 0.29) is 5.82 Å². The number of hydrogen-bond donors (Lipinski definition) is 2.